The molecule has 0 saturated carbocycles. The summed E-state index contributed by atoms with van der Waals surface area (Å²) in [4.78, 5) is 12.9. The molecule has 2 N–H and O–H groups in total. The van der Waals surface area contributed by atoms with Crippen molar-refractivity contribution in [1.29, 1.82) is 0 Å². The molecule has 0 spiro atoms. The smallest absolute Gasteiger partial charge is 0.261 e. The molecule has 1 saturated heterocycles. The van der Waals surface area contributed by atoms with Crippen molar-refractivity contribution in [2.45, 2.75) is 35.5 Å². The second-order valence-corrected chi connectivity index (χ2v) is 13.0. The number of halogens is 2. The van der Waals surface area contributed by atoms with Crippen LogP contribution in [0.15, 0.2) is 76.5 Å². The van der Waals surface area contributed by atoms with Gasteiger partial charge in [-0.2, -0.15) is 4.31 Å². The van der Waals surface area contributed by atoms with Crippen LogP contribution in [0.5, 0.6) is 0 Å². The Bertz CT molecular complexity index is 1500. The second-order valence-electron chi connectivity index (χ2n) is 8.55. The lowest BCUT2D eigenvalue weighted by Gasteiger charge is -2.20. The van der Waals surface area contributed by atoms with E-state index in [1.54, 1.807) is 18.2 Å². The van der Waals surface area contributed by atoms with Crippen molar-refractivity contribution in [2.75, 3.05) is 23.1 Å². The minimum atomic E-state index is -3.88. The first-order chi connectivity index (χ1) is 17.6. The number of hydrogen-bond acceptors (Lipinski definition) is 5. The van der Waals surface area contributed by atoms with E-state index in [1.165, 1.54) is 52.8 Å². The molecule has 4 rings (SSSR count). The predicted octanol–water partition coefficient (Wildman–Crippen LogP) is 5.61. The number of carbonyl (C=O) groups excluding carboxylic acids is 1. The van der Waals surface area contributed by atoms with Gasteiger partial charge in [0.15, 0.2) is 0 Å². The molecular formula is C25H25Cl2N3O5S2. The van der Waals surface area contributed by atoms with Crippen LogP contribution in [0.4, 0.5) is 11.4 Å². The highest BCUT2D eigenvalue weighted by Crippen LogP contribution is 2.26. The zero-order valence-corrected chi connectivity index (χ0v) is 22.8. The van der Waals surface area contributed by atoms with Crippen LogP contribution in [0.25, 0.3) is 0 Å². The fraction of sp³-hybridized carbons (Fsp3) is 0.240. The zero-order valence-electron chi connectivity index (χ0n) is 19.7. The van der Waals surface area contributed by atoms with Gasteiger partial charge in [-0.1, -0.05) is 42.1 Å². The van der Waals surface area contributed by atoms with Crippen LogP contribution in [0, 0.1) is 0 Å². The first-order valence-electron chi connectivity index (χ1n) is 11.6. The normalized spacial score (nSPS) is 15.1. The molecular weight excluding hydrogens is 557 g/mol. The lowest BCUT2D eigenvalue weighted by molar-refractivity contribution is 0.102. The Balaban J connectivity index is 1.50. The van der Waals surface area contributed by atoms with Gasteiger partial charge < -0.3 is 5.32 Å². The third-order valence-corrected chi connectivity index (χ3v) is 9.74. The van der Waals surface area contributed by atoms with Gasteiger partial charge in [-0.05, 0) is 73.5 Å². The van der Waals surface area contributed by atoms with Crippen LogP contribution < -0.4 is 10.0 Å². The lowest BCUT2D eigenvalue weighted by atomic mass is 10.2. The van der Waals surface area contributed by atoms with E-state index in [4.69, 9.17) is 23.2 Å². The Morgan fingerprint density at radius 3 is 2.05 bits per heavy atom. The van der Waals surface area contributed by atoms with Gasteiger partial charge >= 0.3 is 0 Å². The molecule has 1 aliphatic heterocycles. The van der Waals surface area contributed by atoms with Gasteiger partial charge in [0, 0.05) is 23.8 Å². The molecule has 1 amide bonds. The van der Waals surface area contributed by atoms with E-state index in [2.05, 4.69) is 10.0 Å². The predicted molar refractivity (Wildman–Crippen MR) is 145 cm³/mol. The average Bonchev–Trinajstić information content (AvgIpc) is 3.14. The summed E-state index contributed by atoms with van der Waals surface area (Å²) in [6.45, 7) is 0.877. The number of nitrogens with zero attached hydrogens (tertiary/aromatic N) is 1. The molecule has 0 radical (unpaired) electrons. The molecule has 1 heterocycles. The molecule has 3 aromatic carbocycles. The lowest BCUT2D eigenvalue weighted by Crippen LogP contribution is -2.32. The molecule has 8 nitrogen and oxygen atoms in total. The fourth-order valence-electron chi connectivity index (χ4n) is 3.95. The Kier molecular flexibility index (Phi) is 8.45. The Morgan fingerprint density at radius 1 is 0.757 bits per heavy atom. The Morgan fingerprint density at radius 2 is 1.41 bits per heavy atom. The van der Waals surface area contributed by atoms with Crippen LogP contribution in [0.3, 0.4) is 0 Å². The number of carbonyl (C=O) groups is 1. The van der Waals surface area contributed by atoms with Crippen LogP contribution in [-0.4, -0.2) is 40.1 Å². The number of anilines is 2. The van der Waals surface area contributed by atoms with Gasteiger partial charge in [0.2, 0.25) is 10.0 Å². The quantitative estimate of drug-likeness (QED) is 0.376. The van der Waals surface area contributed by atoms with Gasteiger partial charge in [0.05, 0.1) is 26.1 Å². The largest absolute Gasteiger partial charge is 0.322 e. The monoisotopic (exact) mass is 581 g/mol. The van der Waals surface area contributed by atoms with Gasteiger partial charge in [-0.15, -0.1) is 0 Å². The molecule has 3 aromatic rings. The molecule has 1 aliphatic rings. The Hall–Kier alpha value is -2.63. The number of hydrogen-bond donors (Lipinski definition) is 2. The van der Waals surface area contributed by atoms with Crippen molar-refractivity contribution in [3.8, 4) is 0 Å². The highest BCUT2D eigenvalue weighted by Gasteiger charge is 2.27. The van der Waals surface area contributed by atoms with Crippen molar-refractivity contribution in [3.63, 3.8) is 0 Å². The van der Waals surface area contributed by atoms with Gasteiger partial charge in [-0.25, -0.2) is 16.8 Å². The van der Waals surface area contributed by atoms with Crippen LogP contribution in [0.2, 0.25) is 10.0 Å². The van der Waals surface area contributed by atoms with E-state index in [9.17, 15) is 21.6 Å². The van der Waals surface area contributed by atoms with Crippen LogP contribution in [0.1, 0.15) is 36.0 Å². The summed E-state index contributed by atoms with van der Waals surface area (Å²) in [6.07, 6.45) is 3.55. The molecule has 0 bridgehead atoms. The van der Waals surface area contributed by atoms with E-state index in [0.29, 0.717) is 29.5 Å². The van der Waals surface area contributed by atoms with Gasteiger partial charge in [-0.3, -0.25) is 9.52 Å². The zero-order chi connectivity index (χ0) is 26.6. The van der Waals surface area contributed by atoms with Crippen LogP contribution >= 0.6 is 23.2 Å². The number of rotatable bonds is 7. The SMILES string of the molecule is O=C(Nc1ccc(S(=O)(=O)Nc2cccc(Cl)c2)cc1)c1cc(S(=O)(=O)N2CCCCCC2)ccc1Cl. The van der Waals surface area contributed by atoms with E-state index in [-0.39, 0.29) is 20.4 Å². The number of sulfonamides is 2. The Labute approximate surface area is 226 Å². The summed E-state index contributed by atoms with van der Waals surface area (Å²) in [5.74, 6) is -0.620. The maximum atomic E-state index is 13.1. The minimum absolute atomic E-state index is 0.00233. The van der Waals surface area contributed by atoms with E-state index in [1.807, 2.05) is 0 Å². The molecule has 12 heteroatoms. The first kappa shape index (κ1) is 27.4. The minimum Gasteiger partial charge on any atom is -0.322 e. The second kappa shape index (κ2) is 11.4. The molecule has 0 aliphatic carbocycles. The van der Waals surface area contributed by atoms with E-state index < -0.39 is 26.0 Å². The van der Waals surface area contributed by atoms with Gasteiger partial charge in [0.25, 0.3) is 15.9 Å². The van der Waals surface area contributed by atoms with Crippen molar-refractivity contribution < 1.29 is 21.6 Å². The number of benzene rings is 3. The standard InChI is InChI=1S/C25H25Cl2N3O5S2/c26-18-6-5-7-20(16-18)29-36(32,33)21-10-8-19(9-11-21)28-25(31)23-17-22(12-13-24(23)27)37(34,35)30-14-3-1-2-4-15-30/h5-13,16-17,29H,1-4,14-15H2,(H,28,31). The van der Waals surface area contributed by atoms with Crippen molar-refractivity contribution >= 4 is 60.5 Å². The maximum Gasteiger partial charge on any atom is 0.261 e. The molecule has 0 unspecified atom stereocenters. The molecule has 37 heavy (non-hydrogen) atoms. The molecule has 1 fully saturated rings. The van der Waals surface area contributed by atoms with Crippen molar-refractivity contribution in [1.82, 2.24) is 4.31 Å². The molecule has 0 aromatic heterocycles. The van der Waals surface area contributed by atoms with Crippen molar-refractivity contribution in [2.24, 2.45) is 0 Å². The summed E-state index contributed by atoms with van der Waals surface area (Å²) in [5.41, 5.74) is 0.620. The topological polar surface area (TPSA) is 113 Å². The summed E-state index contributed by atoms with van der Waals surface area (Å²) < 4.78 is 55.5. The number of nitrogens with one attached hydrogen (secondary N) is 2. The first-order valence-corrected chi connectivity index (χ1v) is 15.2. The third-order valence-electron chi connectivity index (χ3n) is 5.88. The van der Waals surface area contributed by atoms with Crippen molar-refractivity contribution in [3.05, 3.63) is 82.3 Å². The highest BCUT2D eigenvalue weighted by molar-refractivity contribution is 7.92. The number of amides is 1. The summed E-state index contributed by atoms with van der Waals surface area (Å²) in [6, 6.07) is 15.9. The third kappa shape index (κ3) is 6.63. The van der Waals surface area contributed by atoms with Gasteiger partial charge in [0.1, 0.15) is 0 Å². The molecule has 0 atom stereocenters. The molecule has 196 valence electrons. The highest BCUT2D eigenvalue weighted by atomic mass is 35.5. The van der Waals surface area contributed by atoms with E-state index in [0.717, 1.165) is 25.7 Å². The summed E-state index contributed by atoms with van der Waals surface area (Å²) >= 11 is 12.1. The fourth-order valence-corrected chi connectivity index (χ4v) is 6.94. The van der Waals surface area contributed by atoms with Crippen LogP contribution in [-0.2, 0) is 20.0 Å². The maximum absolute atomic E-state index is 13.1. The summed E-state index contributed by atoms with van der Waals surface area (Å²) in [5, 5.41) is 3.12. The summed E-state index contributed by atoms with van der Waals surface area (Å²) in [7, 11) is -7.65. The average molecular weight is 583 g/mol. The van der Waals surface area contributed by atoms with E-state index >= 15 is 0 Å².